The molecule has 148 valence electrons. The quantitative estimate of drug-likeness (QED) is 0.408. The summed E-state index contributed by atoms with van der Waals surface area (Å²) in [5, 5.41) is 20.4. The summed E-state index contributed by atoms with van der Waals surface area (Å²) in [7, 11) is 0. The number of hydrogen-bond donors (Lipinski definition) is 0. The van der Waals surface area contributed by atoms with Gasteiger partial charge in [-0.15, -0.1) is 0 Å². The maximum Gasteiger partial charge on any atom is 0.270 e. The number of allylic oxidation sites excluding steroid dienone is 2. The lowest BCUT2D eigenvalue weighted by Crippen LogP contribution is -2.02. The van der Waals surface area contributed by atoms with E-state index in [-0.39, 0.29) is 10.6 Å². The molecule has 0 amide bonds. The summed E-state index contributed by atoms with van der Waals surface area (Å²) in [6, 6.07) is 23.0. The first kappa shape index (κ1) is 19.5. The lowest BCUT2D eigenvalue weighted by atomic mass is 9.94. The van der Waals surface area contributed by atoms with E-state index in [2.05, 4.69) is 10.2 Å². The summed E-state index contributed by atoms with van der Waals surface area (Å²) in [4.78, 5) is 10.9. The largest absolute Gasteiger partial charge is 0.270 e. The van der Waals surface area contributed by atoms with Gasteiger partial charge in [0.1, 0.15) is 0 Å². The van der Waals surface area contributed by atoms with Crippen molar-refractivity contribution in [2.75, 3.05) is 0 Å². The SMILES string of the molecule is Cc1ccc(C2=NN=C(c3ccc(C)cc3)CC(c3cccc([N+](=O)[O-])c3)=C2)cc1. The fraction of sp³-hybridized carbons (Fsp3) is 0.120. The van der Waals surface area contributed by atoms with Crippen LogP contribution in [0.15, 0.2) is 89.1 Å². The van der Waals surface area contributed by atoms with Crippen molar-refractivity contribution < 1.29 is 4.92 Å². The van der Waals surface area contributed by atoms with Crippen LogP contribution in [0.4, 0.5) is 5.69 Å². The fourth-order valence-electron chi connectivity index (χ4n) is 3.35. The molecule has 0 radical (unpaired) electrons. The van der Waals surface area contributed by atoms with Crippen molar-refractivity contribution in [1.82, 2.24) is 0 Å². The smallest absolute Gasteiger partial charge is 0.258 e. The minimum absolute atomic E-state index is 0.0697. The van der Waals surface area contributed by atoms with Crippen LogP contribution in [-0.2, 0) is 0 Å². The van der Waals surface area contributed by atoms with E-state index in [1.54, 1.807) is 12.1 Å². The van der Waals surface area contributed by atoms with Crippen LogP contribution in [0.25, 0.3) is 5.57 Å². The van der Waals surface area contributed by atoms with Crippen molar-refractivity contribution in [3.8, 4) is 0 Å². The predicted molar refractivity (Wildman–Crippen MR) is 121 cm³/mol. The zero-order valence-electron chi connectivity index (χ0n) is 16.9. The molecule has 5 heteroatoms. The number of hydrogen-bond acceptors (Lipinski definition) is 4. The van der Waals surface area contributed by atoms with Crippen molar-refractivity contribution >= 4 is 22.7 Å². The molecular formula is C25H21N3O2. The Hall–Kier alpha value is -3.86. The molecule has 3 aromatic rings. The van der Waals surface area contributed by atoms with Crippen LogP contribution in [0, 0.1) is 24.0 Å². The summed E-state index contributed by atoms with van der Waals surface area (Å²) in [6.45, 7) is 4.08. The van der Waals surface area contributed by atoms with Crippen LogP contribution in [-0.4, -0.2) is 16.3 Å². The molecule has 0 spiro atoms. The van der Waals surface area contributed by atoms with E-state index in [0.29, 0.717) is 6.42 Å². The van der Waals surface area contributed by atoms with Crippen LogP contribution in [0.3, 0.4) is 0 Å². The van der Waals surface area contributed by atoms with Gasteiger partial charge in [0.15, 0.2) is 0 Å². The van der Waals surface area contributed by atoms with E-state index in [1.165, 1.54) is 17.2 Å². The first-order valence-electron chi connectivity index (χ1n) is 9.73. The summed E-state index contributed by atoms with van der Waals surface area (Å²) in [6.07, 6.45) is 2.51. The van der Waals surface area contributed by atoms with Crippen LogP contribution in [0.2, 0.25) is 0 Å². The maximum absolute atomic E-state index is 11.3. The molecule has 3 aromatic carbocycles. The van der Waals surface area contributed by atoms with Crippen molar-refractivity contribution in [3.05, 3.63) is 117 Å². The molecular weight excluding hydrogens is 374 g/mol. The highest BCUT2D eigenvalue weighted by molar-refractivity contribution is 6.17. The van der Waals surface area contributed by atoms with E-state index in [4.69, 9.17) is 0 Å². The van der Waals surface area contributed by atoms with Crippen LogP contribution < -0.4 is 0 Å². The Labute approximate surface area is 175 Å². The normalized spacial score (nSPS) is 13.7. The van der Waals surface area contributed by atoms with Crippen molar-refractivity contribution in [1.29, 1.82) is 0 Å². The van der Waals surface area contributed by atoms with Gasteiger partial charge in [0.25, 0.3) is 5.69 Å². The predicted octanol–water partition coefficient (Wildman–Crippen LogP) is 5.89. The Morgan fingerprint density at radius 2 is 1.43 bits per heavy atom. The Kier molecular flexibility index (Phi) is 5.35. The molecule has 0 fully saturated rings. The molecule has 4 rings (SSSR count). The number of rotatable bonds is 4. The highest BCUT2D eigenvalue weighted by Crippen LogP contribution is 2.27. The third kappa shape index (κ3) is 4.25. The van der Waals surface area contributed by atoms with Gasteiger partial charge in [-0.05, 0) is 36.6 Å². The van der Waals surface area contributed by atoms with Gasteiger partial charge in [0, 0.05) is 24.1 Å². The van der Waals surface area contributed by atoms with Crippen LogP contribution in [0.1, 0.15) is 34.2 Å². The minimum atomic E-state index is -0.370. The highest BCUT2D eigenvalue weighted by Gasteiger charge is 2.17. The van der Waals surface area contributed by atoms with E-state index >= 15 is 0 Å². The molecule has 1 heterocycles. The molecule has 0 unspecified atom stereocenters. The van der Waals surface area contributed by atoms with Crippen LogP contribution >= 0.6 is 0 Å². The zero-order chi connectivity index (χ0) is 21.1. The third-order valence-corrected chi connectivity index (χ3v) is 5.11. The minimum Gasteiger partial charge on any atom is -0.258 e. The fourth-order valence-corrected chi connectivity index (χ4v) is 3.35. The second kappa shape index (κ2) is 8.25. The number of non-ortho nitro benzene ring substituents is 1. The zero-order valence-corrected chi connectivity index (χ0v) is 16.9. The lowest BCUT2D eigenvalue weighted by molar-refractivity contribution is -0.384. The second-order valence-corrected chi connectivity index (χ2v) is 7.42. The van der Waals surface area contributed by atoms with Crippen LogP contribution in [0.5, 0.6) is 0 Å². The number of benzene rings is 3. The van der Waals surface area contributed by atoms with E-state index in [1.807, 2.05) is 74.5 Å². The molecule has 1 aliphatic rings. The molecule has 5 nitrogen and oxygen atoms in total. The Bertz CT molecular complexity index is 1190. The Morgan fingerprint density at radius 3 is 2.07 bits per heavy atom. The van der Waals surface area contributed by atoms with Gasteiger partial charge in [0.05, 0.1) is 16.3 Å². The van der Waals surface area contributed by atoms with Gasteiger partial charge in [-0.25, -0.2) is 0 Å². The Balaban J connectivity index is 1.82. The highest BCUT2D eigenvalue weighted by atomic mass is 16.6. The second-order valence-electron chi connectivity index (χ2n) is 7.42. The summed E-state index contributed by atoms with van der Waals surface area (Å²) in [5.41, 5.74) is 7.66. The third-order valence-electron chi connectivity index (χ3n) is 5.11. The van der Waals surface area contributed by atoms with Crippen molar-refractivity contribution in [2.24, 2.45) is 10.2 Å². The molecule has 0 saturated carbocycles. The van der Waals surface area contributed by atoms with Crippen molar-refractivity contribution in [2.45, 2.75) is 20.3 Å². The van der Waals surface area contributed by atoms with Gasteiger partial charge in [0.2, 0.25) is 0 Å². The van der Waals surface area contributed by atoms with Crippen molar-refractivity contribution in [3.63, 3.8) is 0 Å². The average Bonchev–Trinajstić information content (AvgIpc) is 2.98. The number of nitro benzene ring substituents is 1. The Morgan fingerprint density at radius 1 is 0.800 bits per heavy atom. The average molecular weight is 395 g/mol. The molecule has 0 bridgehead atoms. The molecule has 0 saturated heterocycles. The number of nitro groups is 1. The molecule has 0 aliphatic carbocycles. The monoisotopic (exact) mass is 395 g/mol. The summed E-state index contributed by atoms with van der Waals surface area (Å²) >= 11 is 0. The molecule has 0 N–H and O–H groups in total. The van der Waals surface area contributed by atoms with Gasteiger partial charge in [-0.1, -0.05) is 71.8 Å². The summed E-state index contributed by atoms with van der Waals surface area (Å²) < 4.78 is 0. The molecule has 30 heavy (non-hydrogen) atoms. The van der Waals surface area contributed by atoms with E-state index in [9.17, 15) is 10.1 Å². The molecule has 1 aliphatic heterocycles. The van der Waals surface area contributed by atoms with E-state index < -0.39 is 0 Å². The van der Waals surface area contributed by atoms with E-state index in [0.717, 1.165) is 33.7 Å². The van der Waals surface area contributed by atoms with Gasteiger partial charge >= 0.3 is 0 Å². The number of nitrogens with zero attached hydrogens (tertiary/aromatic N) is 3. The first-order valence-corrected chi connectivity index (χ1v) is 9.73. The lowest BCUT2D eigenvalue weighted by Gasteiger charge is -2.09. The standard InChI is InChI=1S/C25H21N3O2/c1-17-6-10-19(11-7-17)24-15-22(21-4-3-5-23(14-21)28(29)30)16-25(27-26-24)20-12-8-18(2)9-13-20/h3-15H,16H2,1-2H3. The van der Waals surface area contributed by atoms with Gasteiger partial charge in [-0.3, -0.25) is 10.1 Å². The molecule has 0 aromatic heterocycles. The maximum atomic E-state index is 11.3. The number of aryl methyl sites for hydroxylation is 2. The topological polar surface area (TPSA) is 67.9 Å². The molecule has 0 atom stereocenters. The van der Waals surface area contributed by atoms with Gasteiger partial charge < -0.3 is 0 Å². The van der Waals surface area contributed by atoms with Gasteiger partial charge in [-0.2, -0.15) is 10.2 Å². The first-order chi connectivity index (χ1) is 14.5. The summed E-state index contributed by atoms with van der Waals surface area (Å²) in [5.74, 6) is 0.